The van der Waals surface area contributed by atoms with E-state index in [4.69, 9.17) is 0 Å². The lowest BCUT2D eigenvalue weighted by molar-refractivity contribution is 0.500. The minimum atomic E-state index is -5.69. The molecule has 0 spiro atoms. The van der Waals surface area contributed by atoms with E-state index in [-0.39, 0.29) is 5.19 Å². The Bertz CT molecular complexity index is 340. The highest BCUT2D eigenvalue weighted by atomic mass is 28.5. The summed E-state index contributed by atoms with van der Waals surface area (Å²) in [5.41, 5.74) is 2.25. The van der Waals surface area contributed by atoms with Crippen molar-refractivity contribution in [2.75, 3.05) is 0 Å². The lowest BCUT2D eigenvalue weighted by atomic mass is 10.0. The summed E-state index contributed by atoms with van der Waals surface area (Å²) >= 11 is 0. The monoisotopic (exact) mass is 218 g/mol. The van der Waals surface area contributed by atoms with Crippen molar-refractivity contribution < 1.29 is 12.3 Å². The third kappa shape index (κ3) is 1.85. The second-order valence-corrected chi connectivity index (χ2v) is 5.13. The molecular formula is C10H13F3Si. The van der Waals surface area contributed by atoms with Crippen LogP contribution in [0.25, 0.3) is 0 Å². The van der Waals surface area contributed by atoms with Gasteiger partial charge in [0.25, 0.3) is 0 Å². The van der Waals surface area contributed by atoms with Crippen molar-refractivity contribution in [2.45, 2.75) is 27.7 Å². The number of benzene rings is 1. The molecule has 0 aliphatic heterocycles. The standard InChI is InChI=1S/C10H13F3Si/c1-6-5-7(2)9(4)10(8(6)3)14(11,12)13/h5H,1-4H3. The molecule has 0 N–H and O–H groups in total. The summed E-state index contributed by atoms with van der Waals surface area (Å²) in [7, 11) is -5.69. The number of halogens is 3. The van der Waals surface area contributed by atoms with Crippen molar-refractivity contribution in [3.8, 4) is 0 Å². The highest BCUT2D eigenvalue weighted by molar-refractivity contribution is 6.74. The van der Waals surface area contributed by atoms with Gasteiger partial charge in [0.05, 0.1) is 0 Å². The molecule has 0 nitrogen and oxygen atoms in total. The van der Waals surface area contributed by atoms with E-state index >= 15 is 0 Å². The Balaban J connectivity index is 3.56. The van der Waals surface area contributed by atoms with Crippen LogP contribution in [-0.4, -0.2) is 9.08 Å². The van der Waals surface area contributed by atoms with Gasteiger partial charge in [-0.05, 0) is 49.9 Å². The first-order valence-electron chi connectivity index (χ1n) is 4.39. The van der Waals surface area contributed by atoms with Crippen LogP contribution in [-0.2, 0) is 0 Å². The predicted octanol–water partition coefficient (Wildman–Crippen LogP) is 2.97. The Morgan fingerprint density at radius 1 is 0.857 bits per heavy atom. The normalized spacial score (nSPS) is 11.9. The number of hydrogen-bond acceptors (Lipinski definition) is 0. The number of hydrogen-bond donors (Lipinski definition) is 0. The van der Waals surface area contributed by atoms with Gasteiger partial charge in [0.2, 0.25) is 0 Å². The highest BCUT2D eigenvalue weighted by Gasteiger charge is 2.43. The molecule has 14 heavy (non-hydrogen) atoms. The third-order valence-electron chi connectivity index (χ3n) is 2.65. The summed E-state index contributed by atoms with van der Waals surface area (Å²) in [5.74, 6) is 0. The highest BCUT2D eigenvalue weighted by Crippen LogP contribution is 2.19. The lowest BCUT2D eigenvalue weighted by Gasteiger charge is -2.15. The van der Waals surface area contributed by atoms with Gasteiger partial charge in [0.15, 0.2) is 0 Å². The van der Waals surface area contributed by atoms with Crippen molar-refractivity contribution in [3.63, 3.8) is 0 Å². The van der Waals surface area contributed by atoms with E-state index in [9.17, 15) is 12.3 Å². The van der Waals surface area contributed by atoms with Gasteiger partial charge in [-0.1, -0.05) is 6.07 Å². The van der Waals surface area contributed by atoms with Crippen LogP contribution in [0.4, 0.5) is 12.3 Å². The van der Waals surface area contributed by atoms with E-state index in [1.165, 1.54) is 0 Å². The molecule has 1 aromatic rings. The second kappa shape index (κ2) is 3.42. The summed E-state index contributed by atoms with van der Waals surface area (Å²) in [5, 5.41) is -0.338. The van der Waals surface area contributed by atoms with Crippen molar-refractivity contribution in [3.05, 3.63) is 28.3 Å². The van der Waals surface area contributed by atoms with Crippen molar-refractivity contribution in [1.82, 2.24) is 0 Å². The van der Waals surface area contributed by atoms with E-state index < -0.39 is 9.08 Å². The Hall–Kier alpha value is -0.773. The van der Waals surface area contributed by atoms with E-state index in [0.717, 1.165) is 11.1 Å². The fourth-order valence-corrected chi connectivity index (χ4v) is 2.89. The Kier molecular flexibility index (Phi) is 2.76. The number of rotatable bonds is 1. The predicted molar refractivity (Wildman–Crippen MR) is 54.1 cm³/mol. The minimum Gasteiger partial charge on any atom is -0.234 e. The molecule has 4 heteroatoms. The Labute approximate surface area is 83.3 Å². The van der Waals surface area contributed by atoms with Crippen LogP contribution in [0.15, 0.2) is 6.07 Å². The van der Waals surface area contributed by atoms with Crippen molar-refractivity contribution in [1.29, 1.82) is 0 Å². The van der Waals surface area contributed by atoms with E-state index in [1.807, 2.05) is 6.07 Å². The largest absolute Gasteiger partial charge is 0.653 e. The summed E-state index contributed by atoms with van der Waals surface area (Å²) in [6, 6.07) is 1.81. The maximum absolute atomic E-state index is 12.8. The zero-order valence-electron chi connectivity index (χ0n) is 8.71. The maximum atomic E-state index is 12.8. The molecule has 0 saturated heterocycles. The van der Waals surface area contributed by atoms with Crippen LogP contribution >= 0.6 is 0 Å². The van der Waals surface area contributed by atoms with Gasteiger partial charge in [-0.25, -0.2) is 12.3 Å². The van der Waals surface area contributed by atoms with E-state index in [2.05, 4.69) is 0 Å². The Morgan fingerprint density at radius 3 is 1.50 bits per heavy atom. The molecule has 0 amide bonds. The van der Waals surface area contributed by atoms with Gasteiger partial charge in [-0.15, -0.1) is 0 Å². The van der Waals surface area contributed by atoms with Gasteiger partial charge in [0, 0.05) is 5.19 Å². The number of aryl methyl sites for hydroxylation is 2. The van der Waals surface area contributed by atoms with Gasteiger partial charge < -0.3 is 0 Å². The molecule has 0 aromatic heterocycles. The molecule has 0 radical (unpaired) electrons. The van der Waals surface area contributed by atoms with E-state index in [0.29, 0.717) is 11.1 Å². The summed E-state index contributed by atoms with van der Waals surface area (Å²) < 4.78 is 38.4. The second-order valence-electron chi connectivity index (χ2n) is 3.63. The van der Waals surface area contributed by atoms with E-state index in [1.54, 1.807) is 27.7 Å². The minimum absolute atomic E-state index is 0.338. The van der Waals surface area contributed by atoms with Gasteiger partial charge in [-0.2, -0.15) is 0 Å². The molecular weight excluding hydrogens is 205 g/mol. The molecule has 78 valence electrons. The lowest BCUT2D eigenvalue weighted by Crippen LogP contribution is -2.39. The average Bonchev–Trinajstić information content (AvgIpc) is 1.98. The topological polar surface area (TPSA) is 0 Å². The molecule has 1 aromatic carbocycles. The molecule has 0 bridgehead atoms. The molecule has 0 unspecified atom stereocenters. The zero-order chi connectivity index (χ0) is 11.1. The van der Waals surface area contributed by atoms with Gasteiger partial charge >= 0.3 is 9.08 Å². The fraction of sp³-hybridized carbons (Fsp3) is 0.400. The molecule has 0 aliphatic carbocycles. The summed E-state index contributed by atoms with van der Waals surface area (Å²) in [6.07, 6.45) is 0. The first kappa shape index (κ1) is 11.3. The molecule has 1 rings (SSSR count). The van der Waals surface area contributed by atoms with Crippen LogP contribution in [0.5, 0.6) is 0 Å². The first-order chi connectivity index (χ1) is 6.25. The van der Waals surface area contributed by atoms with Crippen LogP contribution < -0.4 is 5.19 Å². The molecule has 0 aliphatic rings. The SMILES string of the molecule is Cc1cc(C)c(C)c([Si](F)(F)F)c1C. The van der Waals surface area contributed by atoms with Gasteiger partial charge in [-0.3, -0.25) is 0 Å². The van der Waals surface area contributed by atoms with Crippen LogP contribution in [0, 0.1) is 27.7 Å². The third-order valence-corrected chi connectivity index (χ3v) is 3.97. The molecule has 0 fully saturated rings. The van der Waals surface area contributed by atoms with Crippen molar-refractivity contribution in [2.24, 2.45) is 0 Å². The Morgan fingerprint density at radius 2 is 1.21 bits per heavy atom. The maximum Gasteiger partial charge on any atom is 0.653 e. The van der Waals surface area contributed by atoms with Crippen LogP contribution in [0.1, 0.15) is 22.3 Å². The smallest absolute Gasteiger partial charge is 0.234 e. The van der Waals surface area contributed by atoms with Crippen molar-refractivity contribution >= 4 is 14.3 Å². The fourth-order valence-electron chi connectivity index (χ4n) is 1.64. The summed E-state index contributed by atoms with van der Waals surface area (Å²) in [6.45, 7) is 6.56. The molecule has 0 atom stereocenters. The first-order valence-corrected chi connectivity index (χ1v) is 6.03. The molecule has 0 saturated carbocycles. The quantitative estimate of drug-likeness (QED) is 0.502. The molecule has 0 heterocycles. The zero-order valence-corrected chi connectivity index (χ0v) is 9.71. The van der Waals surface area contributed by atoms with Crippen LogP contribution in [0.2, 0.25) is 0 Å². The summed E-state index contributed by atoms with van der Waals surface area (Å²) in [4.78, 5) is 0. The van der Waals surface area contributed by atoms with Gasteiger partial charge in [0.1, 0.15) is 0 Å². The average molecular weight is 218 g/mol. The van der Waals surface area contributed by atoms with Crippen LogP contribution in [0.3, 0.4) is 0 Å².